The Morgan fingerprint density at radius 3 is 2.67 bits per heavy atom. The predicted octanol–water partition coefficient (Wildman–Crippen LogP) is 1.69. The molecule has 0 rings (SSSR count). The molecule has 0 saturated carbocycles. The summed E-state index contributed by atoms with van der Waals surface area (Å²) in [5.41, 5.74) is 0. The van der Waals surface area contributed by atoms with Crippen LogP contribution in [0, 0.1) is 12.3 Å². The van der Waals surface area contributed by atoms with E-state index in [2.05, 4.69) is 27.2 Å². The summed E-state index contributed by atoms with van der Waals surface area (Å²) in [6.45, 7) is 4.27. The fraction of sp³-hybridized carbons (Fsp3) is 0.667. The Bertz CT molecular complexity index is 188. The third-order valence-corrected chi connectivity index (χ3v) is 1.68. The second-order valence-corrected chi connectivity index (χ2v) is 5.02. The monoisotopic (exact) mass is 231 g/mol. The van der Waals surface area contributed by atoms with Crippen LogP contribution < -0.4 is 5.32 Å². The van der Waals surface area contributed by atoms with Gasteiger partial charge in [-0.05, 0) is 20.3 Å². The molecule has 0 atom stereocenters. The molecule has 68 valence electrons. The SMILES string of the molecule is C#CCCCNC(=O)C(C)(C)Br. The zero-order valence-corrected chi connectivity index (χ0v) is 9.07. The molecule has 0 aromatic carbocycles. The first-order valence-electron chi connectivity index (χ1n) is 3.89. The Hall–Kier alpha value is -0.490. The van der Waals surface area contributed by atoms with E-state index < -0.39 is 4.32 Å². The van der Waals surface area contributed by atoms with E-state index in [-0.39, 0.29) is 5.91 Å². The van der Waals surface area contributed by atoms with Crippen LogP contribution in [0.3, 0.4) is 0 Å². The van der Waals surface area contributed by atoms with Gasteiger partial charge >= 0.3 is 0 Å². The molecule has 0 aromatic rings. The van der Waals surface area contributed by atoms with Crippen molar-refractivity contribution in [2.75, 3.05) is 6.54 Å². The van der Waals surface area contributed by atoms with Crippen molar-refractivity contribution >= 4 is 21.8 Å². The standard InChI is InChI=1S/C9H14BrNO/c1-4-5-6-7-11-8(12)9(2,3)10/h1H,5-7H2,2-3H3,(H,11,12). The summed E-state index contributed by atoms with van der Waals surface area (Å²) in [5, 5.41) is 2.78. The van der Waals surface area contributed by atoms with Crippen molar-refractivity contribution in [2.45, 2.75) is 31.0 Å². The van der Waals surface area contributed by atoms with Crippen LogP contribution in [-0.4, -0.2) is 16.8 Å². The summed E-state index contributed by atoms with van der Waals surface area (Å²) in [6, 6.07) is 0. The van der Waals surface area contributed by atoms with Crippen LogP contribution in [0.4, 0.5) is 0 Å². The zero-order valence-electron chi connectivity index (χ0n) is 7.48. The maximum Gasteiger partial charge on any atom is 0.236 e. The number of rotatable bonds is 4. The van der Waals surface area contributed by atoms with Gasteiger partial charge in [0.2, 0.25) is 5.91 Å². The molecule has 0 spiro atoms. The molecular formula is C9H14BrNO. The average molecular weight is 232 g/mol. The van der Waals surface area contributed by atoms with Crippen LogP contribution in [0.5, 0.6) is 0 Å². The minimum atomic E-state index is -0.483. The molecular weight excluding hydrogens is 218 g/mol. The molecule has 1 N–H and O–H groups in total. The van der Waals surface area contributed by atoms with Crippen LogP contribution >= 0.6 is 15.9 Å². The van der Waals surface area contributed by atoms with Gasteiger partial charge in [0.1, 0.15) is 0 Å². The molecule has 0 fully saturated rings. The second kappa shape index (κ2) is 5.21. The lowest BCUT2D eigenvalue weighted by molar-refractivity contribution is -0.122. The Morgan fingerprint density at radius 1 is 1.67 bits per heavy atom. The zero-order chi connectivity index (χ0) is 9.61. The van der Waals surface area contributed by atoms with Crippen LogP contribution in [-0.2, 0) is 4.79 Å². The van der Waals surface area contributed by atoms with Gasteiger partial charge in [0, 0.05) is 13.0 Å². The molecule has 2 nitrogen and oxygen atoms in total. The van der Waals surface area contributed by atoms with E-state index >= 15 is 0 Å². The number of carbonyl (C=O) groups is 1. The van der Waals surface area contributed by atoms with E-state index in [0.29, 0.717) is 13.0 Å². The maximum atomic E-state index is 11.2. The normalized spacial score (nSPS) is 10.5. The minimum absolute atomic E-state index is 0.000443. The fourth-order valence-electron chi connectivity index (χ4n) is 0.603. The van der Waals surface area contributed by atoms with Crippen LogP contribution in [0.25, 0.3) is 0 Å². The summed E-state index contributed by atoms with van der Waals surface area (Å²) in [5.74, 6) is 2.52. The van der Waals surface area contributed by atoms with E-state index in [4.69, 9.17) is 6.42 Å². The van der Waals surface area contributed by atoms with Crippen molar-refractivity contribution in [2.24, 2.45) is 0 Å². The molecule has 3 heteroatoms. The van der Waals surface area contributed by atoms with Gasteiger partial charge < -0.3 is 5.32 Å². The Kier molecular flexibility index (Phi) is 5.00. The first-order valence-corrected chi connectivity index (χ1v) is 4.68. The van der Waals surface area contributed by atoms with Crippen molar-refractivity contribution in [1.29, 1.82) is 0 Å². The van der Waals surface area contributed by atoms with Crippen molar-refractivity contribution < 1.29 is 4.79 Å². The smallest absolute Gasteiger partial charge is 0.236 e. The quantitative estimate of drug-likeness (QED) is 0.446. The van der Waals surface area contributed by atoms with Gasteiger partial charge in [-0.15, -0.1) is 12.3 Å². The summed E-state index contributed by atoms with van der Waals surface area (Å²) in [4.78, 5) is 11.2. The van der Waals surface area contributed by atoms with Gasteiger partial charge in [-0.25, -0.2) is 0 Å². The van der Waals surface area contributed by atoms with Crippen molar-refractivity contribution in [3.05, 3.63) is 0 Å². The summed E-state index contributed by atoms with van der Waals surface area (Å²) >= 11 is 3.26. The Balaban J connectivity index is 3.53. The van der Waals surface area contributed by atoms with Gasteiger partial charge in [-0.2, -0.15) is 0 Å². The lowest BCUT2D eigenvalue weighted by atomic mass is 10.2. The Labute approximate surface area is 82.2 Å². The lowest BCUT2D eigenvalue weighted by Gasteiger charge is -2.15. The van der Waals surface area contributed by atoms with Gasteiger partial charge in [-0.1, -0.05) is 15.9 Å². The molecule has 0 unspecified atom stereocenters. The number of hydrogen-bond donors (Lipinski definition) is 1. The first-order chi connectivity index (χ1) is 5.48. The third-order valence-electron chi connectivity index (χ3n) is 1.32. The molecule has 0 aliphatic heterocycles. The van der Waals surface area contributed by atoms with E-state index in [1.807, 2.05) is 13.8 Å². The molecule has 12 heavy (non-hydrogen) atoms. The van der Waals surface area contributed by atoms with Crippen molar-refractivity contribution in [1.82, 2.24) is 5.32 Å². The highest BCUT2D eigenvalue weighted by Crippen LogP contribution is 2.14. The van der Waals surface area contributed by atoms with Gasteiger partial charge in [0.25, 0.3) is 0 Å². The molecule has 0 heterocycles. The number of nitrogens with one attached hydrogen (secondary N) is 1. The second-order valence-electron chi connectivity index (χ2n) is 3.04. The summed E-state index contributed by atoms with van der Waals surface area (Å²) < 4.78 is -0.483. The fourth-order valence-corrected chi connectivity index (χ4v) is 0.743. The topological polar surface area (TPSA) is 29.1 Å². The minimum Gasteiger partial charge on any atom is -0.355 e. The number of unbranched alkanes of at least 4 members (excludes halogenated alkanes) is 1. The van der Waals surface area contributed by atoms with Gasteiger partial charge in [0.15, 0.2) is 0 Å². The predicted molar refractivity (Wildman–Crippen MR) is 54.1 cm³/mol. The number of hydrogen-bond acceptors (Lipinski definition) is 1. The largest absolute Gasteiger partial charge is 0.355 e. The van der Waals surface area contributed by atoms with Crippen LogP contribution in [0.15, 0.2) is 0 Å². The summed E-state index contributed by atoms with van der Waals surface area (Å²) in [6.07, 6.45) is 6.61. The van der Waals surface area contributed by atoms with E-state index in [0.717, 1.165) is 6.42 Å². The highest BCUT2D eigenvalue weighted by atomic mass is 79.9. The van der Waals surface area contributed by atoms with Gasteiger partial charge in [0.05, 0.1) is 4.32 Å². The molecule has 0 bridgehead atoms. The van der Waals surface area contributed by atoms with Crippen molar-refractivity contribution in [3.8, 4) is 12.3 Å². The molecule has 0 aromatic heterocycles. The van der Waals surface area contributed by atoms with E-state index in [9.17, 15) is 4.79 Å². The lowest BCUT2D eigenvalue weighted by Crippen LogP contribution is -2.37. The van der Waals surface area contributed by atoms with Gasteiger partial charge in [-0.3, -0.25) is 4.79 Å². The number of halogens is 1. The number of alkyl halides is 1. The molecule has 0 saturated heterocycles. The number of amides is 1. The number of terminal acetylenes is 1. The highest BCUT2D eigenvalue weighted by molar-refractivity contribution is 9.10. The maximum absolute atomic E-state index is 11.2. The molecule has 0 aliphatic carbocycles. The first kappa shape index (κ1) is 11.5. The number of carbonyl (C=O) groups excluding carboxylic acids is 1. The molecule has 0 radical (unpaired) electrons. The molecule has 1 amide bonds. The van der Waals surface area contributed by atoms with Crippen LogP contribution in [0.1, 0.15) is 26.7 Å². The average Bonchev–Trinajstić information content (AvgIpc) is 1.96. The van der Waals surface area contributed by atoms with E-state index in [1.165, 1.54) is 0 Å². The van der Waals surface area contributed by atoms with Crippen LogP contribution in [0.2, 0.25) is 0 Å². The highest BCUT2D eigenvalue weighted by Gasteiger charge is 2.22. The molecule has 0 aliphatic rings. The third kappa shape index (κ3) is 5.20. The Morgan fingerprint density at radius 2 is 2.25 bits per heavy atom. The van der Waals surface area contributed by atoms with E-state index in [1.54, 1.807) is 0 Å². The van der Waals surface area contributed by atoms with Crippen molar-refractivity contribution in [3.63, 3.8) is 0 Å². The summed E-state index contributed by atoms with van der Waals surface area (Å²) in [7, 11) is 0.